The van der Waals surface area contributed by atoms with Gasteiger partial charge in [0.1, 0.15) is 5.82 Å². The number of hydrogen-bond acceptors (Lipinski definition) is 2. The van der Waals surface area contributed by atoms with Gasteiger partial charge in [0.25, 0.3) is 0 Å². The number of rotatable bonds is 2. The predicted molar refractivity (Wildman–Crippen MR) is 72.6 cm³/mol. The number of carboxylic acids is 1. The normalized spacial score (nSPS) is 10.8. The van der Waals surface area contributed by atoms with Crippen molar-refractivity contribution in [2.45, 2.75) is 0 Å². The molecule has 0 saturated carbocycles. The second-order valence-corrected chi connectivity index (χ2v) is 4.45. The van der Waals surface area contributed by atoms with E-state index < -0.39 is 5.97 Å². The van der Waals surface area contributed by atoms with Crippen LogP contribution >= 0.6 is 11.6 Å². The van der Waals surface area contributed by atoms with Gasteiger partial charge in [-0.3, -0.25) is 4.40 Å². The van der Waals surface area contributed by atoms with Crippen LogP contribution in [-0.2, 0) is 0 Å². The summed E-state index contributed by atoms with van der Waals surface area (Å²) in [7, 11) is 0. The molecule has 0 spiro atoms. The molecule has 2 aromatic heterocycles. The molecule has 0 saturated heterocycles. The first kappa shape index (κ1) is 11.7. The van der Waals surface area contributed by atoms with E-state index in [2.05, 4.69) is 4.98 Å². The van der Waals surface area contributed by atoms with Crippen LogP contribution < -0.4 is 0 Å². The van der Waals surface area contributed by atoms with Crippen molar-refractivity contribution in [2.75, 3.05) is 0 Å². The molecule has 0 amide bonds. The first-order valence-electron chi connectivity index (χ1n) is 5.63. The van der Waals surface area contributed by atoms with Gasteiger partial charge < -0.3 is 5.11 Å². The van der Waals surface area contributed by atoms with Crippen LogP contribution in [0.5, 0.6) is 0 Å². The Morgan fingerprint density at radius 2 is 2.00 bits per heavy atom. The Labute approximate surface area is 113 Å². The Balaban J connectivity index is 2.31. The summed E-state index contributed by atoms with van der Waals surface area (Å²) >= 11 is 6.15. The third-order valence-corrected chi connectivity index (χ3v) is 3.25. The van der Waals surface area contributed by atoms with Crippen LogP contribution in [0.3, 0.4) is 0 Å². The molecule has 0 aliphatic heterocycles. The summed E-state index contributed by atoms with van der Waals surface area (Å²) < 4.78 is 1.73. The monoisotopic (exact) mass is 272 g/mol. The molecule has 3 rings (SSSR count). The number of fused-ring (bicyclic) bond motifs is 1. The van der Waals surface area contributed by atoms with E-state index in [4.69, 9.17) is 16.7 Å². The van der Waals surface area contributed by atoms with E-state index >= 15 is 0 Å². The first-order chi connectivity index (χ1) is 9.18. The van der Waals surface area contributed by atoms with Crippen molar-refractivity contribution in [3.05, 3.63) is 59.4 Å². The van der Waals surface area contributed by atoms with Gasteiger partial charge in [-0.05, 0) is 24.3 Å². The molecule has 5 heteroatoms. The van der Waals surface area contributed by atoms with Crippen LogP contribution in [-0.4, -0.2) is 20.5 Å². The lowest BCUT2D eigenvalue weighted by Gasteiger charge is -2.04. The summed E-state index contributed by atoms with van der Waals surface area (Å²) in [5.41, 5.74) is 1.53. The smallest absolute Gasteiger partial charge is 0.337 e. The van der Waals surface area contributed by atoms with Crippen LogP contribution in [0.1, 0.15) is 10.4 Å². The Morgan fingerprint density at radius 1 is 1.21 bits per heavy atom. The summed E-state index contributed by atoms with van der Waals surface area (Å²) in [6.45, 7) is 0. The number of carbonyl (C=O) groups is 1. The van der Waals surface area contributed by atoms with E-state index in [1.165, 1.54) is 0 Å². The molecule has 0 unspecified atom stereocenters. The zero-order valence-electron chi connectivity index (χ0n) is 9.75. The Bertz CT molecular complexity index is 780. The molecule has 19 heavy (non-hydrogen) atoms. The van der Waals surface area contributed by atoms with E-state index in [0.717, 1.165) is 5.56 Å². The molecule has 0 atom stereocenters. The van der Waals surface area contributed by atoms with Crippen molar-refractivity contribution in [3.8, 4) is 11.4 Å². The molecule has 0 aliphatic carbocycles. The zero-order valence-corrected chi connectivity index (χ0v) is 10.5. The van der Waals surface area contributed by atoms with Gasteiger partial charge in [-0.25, -0.2) is 9.78 Å². The number of carboxylic acid groups (broad SMARTS) is 1. The minimum Gasteiger partial charge on any atom is -0.478 e. The highest BCUT2D eigenvalue weighted by Gasteiger charge is 2.14. The summed E-state index contributed by atoms with van der Waals surface area (Å²) in [5, 5.41) is 9.73. The first-order valence-corrected chi connectivity index (χ1v) is 6.00. The van der Waals surface area contributed by atoms with Gasteiger partial charge in [0.2, 0.25) is 0 Å². The number of aromatic nitrogens is 2. The van der Waals surface area contributed by atoms with Gasteiger partial charge in [-0.15, -0.1) is 0 Å². The Kier molecular flexibility index (Phi) is 2.72. The highest BCUT2D eigenvalue weighted by atomic mass is 35.5. The lowest BCUT2D eigenvalue weighted by atomic mass is 10.2. The van der Waals surface area contributed by atoms with E-state index in [0.29, 0.717) is 16.4 Å². The third kappa shape index (κ3) is 1.86. The van der Waals surface area contributed by atoms with Crippen LogP contribution in [0, 0.1) is 0 Å². The standard InChI is InChI=1S/C14H9ClN2O2/c15-11-6-2-1-4-9(11)13-16-8-12-10(14(18)19)5-3-7-17(12)13/h1-8H,(H,18,19). The number of nitrogens with zero attached hydrogens (tertiary/aromatic N) is 2. The van der Waals surface area contributed by atoms with Crippen molar-refractivity contribution < 1.29 is 9.90 Å². The van der Waals surface area contributed by atoms with Crippen LogP contribution in [0.4, 0.5) is 0 Å². The lowest BCUT2D eigenvalue weighted by molar-refractivity contribution is 0.0698. The second kappa shape index (κ2) is 4.40. The highest BCUT2D eigenvalue weighted by molar-refractivity contribution is 6.33. The molecule has 1 aromatic carbocycles. The predicted octanol–water partition coefficient (Wildman–Crippen LogP) is 3.35. The average molecular weight is 273 g/mol. The van der Waals surface area contributed by atoms with E-state index in [1.807, 2.05) is 18.2 Å². The third-order valence-electron chi connectivity index (χ3n) is 2.92. The van der Waals surface area contributed by atoms with E-state index in [9.17, 15) is 4.79 Å². The van der Waals surface area contributed by atoms with Crippen molar-refractivity contribution >= 4 is 23.1 Å². The number of pyridine rings is 1. The summed E-state index contributed by atoms with van der Waals surface area (Å²) in [5.74, 6) is -0.347. The SMILES string of the molecule is O=C(O)c1cccn2c(-c3ccccc3Cl)ncc12. The maximum atomic E-state index is 11.2. The molecular weight excluding hydrogens is 264 g/mol. The van der Waals surface area contributed by atoms with Crippen LogP contribution in [0.25, 0.3) is 16.9 Å². The second-order valence-electron chi connectivity index (χ2n) is 4.04. The minimum absolute atomic E-state index is 0.216. The van der Waals surface area contributed by atoms with Gasteiger partial charge in [0.15, 0.2) is 0 Å². The summed E-state index contributed by atoms with van der Waals surface area (Å²) in [6, 6.07) is 10.6. The van der Waals surface area contributed by atoms with E-state index in [-0.39, 0.29) is 5.56 Å². The number of imidazole rings is 1. The fraction of sp³-hybridized carbons (Fsp3) is 0. The van der Waals surface area contributed by atoms with Crippen molar-refractivity contribution in [1.29, 1.82) is 0 Å². The Hall–Kier alpha value is -2.33. The maximum absolute atomic E-state index is 11.2. The number of benzene rings is 1. The largest absolute Gasteiger partial charge is 0.478 e. The molecule has 0 radical (unpaired) electrons. The maximum Gasteiger partial charge on any atom is 0.337 e. The zero-order chi connectivity index (χ0) is 13.4. The van der Waals surface area contributed by atoms with Gasteiger partial charge in [-0.2, -0.15) is 0 Å². The van der Waals surface area contributed by atoms with Crippen molar-refractivity contribution in [3.63, 3.8) is 0 Å². The Morgan fingerprint density at radius 3 is 2.74 bits per heavy atom. The van der Waals surface area contributed by atoms with Crippen LogP contribution in [0.15, 0.2) is 48.8 Å². The van der Waals surface area contributed by atoms with Crippen molar-refractivity contribution in [2.24, 2.45) is 0 Å². The highest BCUT2D eigenvalue weighted by Crippen LogP contribution is 2.27. The average Bonchev–Trinajstić information content (AvgIpc) is 2.82. The van der Waals surface area contributed by atoms with Crippen LogP contribution in [0.2, 0.25) is 5.02 Å². The fourth-order valence-corrected chi connectivity index (χ4v) is 2.26. The van der Waals surface area contributed by atoms with Gasteiger partial charge in [0.05, 0.1) is 22.3 Å². The molecule has 1 N–H and O–H groups in total. The van der Waals surface area contributed by atoms with Gasteiger partial charge in [0, 0.05) is 11.8 Å². The molecule has 4 nitrogen and oxygen atoms in total. The molecule has 2 heterocycles. The number of hydrogen-bond donors (Lipinski definition) is 1. The van der Waals surface area contributed by atoms with Gasteiger partial charge in [-0.1, -0.05) is 23.7 Å². The molecule has 94 valence electrons. The molecule has 0 aliphatic rings. The van der Waals surface area contributed by atoms with Gasteiger partial charge >= 0.3 is 5.97 Å². The number of aromatic carboxylic acids is 1. The van der Waals surface area contributed by atoms with Crippen molar-refractivity contribution in [1.82, 2.24) is 9.38 Å². The number of halogens is 1. The summed E-state index contributed by atoms with van der Waals surface area (Å²) in [6.07, 6.45) is 3.32. The molecule has 0 fully saturated rings. The summed E-state index contributed by atoms with van der Waals surface area (Å²) in [4.78, 5) is 15.4. The topological polar surface area (TPSA) is 54.6 Å². The minimum atomic E-state index is -0.976. The lowest BCUT2D eigenvalue weighted by Crippen LogP contribution is -2.00. The quantitative estimate of drug-likeness (QED) is 0.778. The van der Waals surface area contributed by atoms with E-state index in [1.54, 1.807) is 35.0 Å². The molecule has 0 bridgehead atoms. The molecule has 3 aromatic rings. The fourth-order valence-electron chi connectivity index (χ4n) is 2.04. The molecular formula is C14H9ClN2O2.